The number of ether oxygens (including phenoxy) is 1. The first-order chi connectivity index (χ1) is 15.3. The standard InChI is InChI=1S/C22H23F7N2O2/c1-13(30)6-20(32)31-10-16(15-2-4-19(23)5-3-15)12-33-11-14-7-17(21(24,25)26)9-18(8-14)22(27,28)29/h2-5,7-9,13,16H,6,10-12,30H2,1H3,(H,31,32). The van der Waals surface area contributed by atoms with Gasteiger partial charge >= 0.3 is 12.4 Å². The molecule has 0 spiro atoms. The zero-order chi connectivity index (χ0) is 24.8. The largest absolute Gasteiger partial charge is 0.416 e. The van der Waals surface area contributed by atoms with Crippen molar-refractivity contribution >= 4 is 5.91 Å². The van der Waals surface area contributed by atoms with Gasteiger partial charge in [0, 0.05) is 24.9 Å². The summed E-state index contributed by atoms with van der Waals surface area (Å²) in [6, 6.07) is 6.12. The van der Waals surface area contributed by atoms with E-state index in [0.29, 0.717) is 17.7 Å². The Labute approximate surface area is 185 Å². The summed E-state index contributed by atoms with van der Waals surface area (Å²) in [6.45, 7) is 1.01. The third kappa shape index (κ3) is 8.65. The van der Waals surface area contributed by atoms with Gasteiger partial charge in [-0.2, -0.15) is 26.3 Å². The first kappa shape index (κ1) is 26.6. The van der Waals surface area contributed by atoms with E-state index in [1.807, 2.05) is 0 Å². The van der Waals surface area contributed by atoms with Crippen LogP contribution < -0.4 is 11.1 Å². The summed E-state index contributed by atoms with van der Waals surface area (Å²) in [4.78, 5) is 11.9. The molecule has 2 rings (SSSR count). The lowest BCUT2D eigenvalue weighted by molar-refractivity contribution is -0.143. The molecule has 2 atom stereocenters. The molecule has 11 heteroatoms. The maximum atomic E-state index is 13.3. The van der Waals surface area contributed by atoms with Gasteiger partial charge in [-0.15, -0.1) is 0 Å². The lowest BCUT2D eigenvalue weighted by Crippen LogP contribution is -2.33. The average molecular weight is 480 g/mol. The Morgan fingerprint density at radius 1 is 1.00 bits per heavy atom. The minimum absolute atomic E-state index is 0.0405. The second-order valence-electron chi connectivity index (χ2n) is 7.66. The van der Waals surface area contributed by atoms with Crippen molar-refractivity contribution in [1.82, 2.24) is 5.32 Å². The Hall–Kier alpha value is -2.66. The van der Waals surface area contributed by atoms with Gasteiger partial charge in [0.2, 0.25) is 5.91 Å². The quantitative estimate of drug-likeness (QED) is 0.496. The van der Waals surface area contributed by atoms with Gasteiger partial charge in [-0.05, 0) is 48.4 Å². The monoisotopic (exact) mass is 480 g/mol. The minimum atomic E-state index is -4.96. The van der Waals surface area contributed by atoms with Crippen molar-refractivity contribution in [1.29, 1.82) is 0 Å². The zero-order valence-electron chi connectivity index (χ0n) is 17.6. The number of carbonyl (C=O) groups excluding carboxylic acids is 1. The van der Waals surface area contributed by atoms with E-state index in [4.69, 9.17) is 10.5 Å². The third-order valence-electron chi connectivity index (χ3n) is 4.63. The van der Waals surface area contributed by atoms with Crippen molar-refractivity contribution in [3.63, 3.8) is 0 Å². The topological polar surface area (TPSA) is 64.4 Å². The van der Waals surface area contributed by atoms with Crippen molar-refractivity contribution < 1.29 is 40.3 Å². The molecule has 0 bridgehead atoms. The summed E-state index contributed by atoms with van der Waals surface area (Å²) in [5, 5.41) is 2.64. The number of alkyl halides is 6. The highest BCUT2D eigenvalue weighted by atomic mass is 19.4. The molecule has 0 aliphatic rings. The van der Waals surface area contributed by atoms with Gasteiger partial charge in [-0.3, -0.25) is 4.79 Å². The van der Waals surface area contributed by atoms with Crippen molar-refractivity contribution in [3.8, 4) is 0 Å². The highest BCUT2D eigenvalue weighted by Crippen LogP contribution is 2.36. The van der Waals surface area contributed by atoms with Gasteiger partial charge in [0.1, 0.15) is 5.82 Å². The summed E-state index contributed by atoms with van der Waals surface area (Å²) in [6.07, 6.45) is -9.87. The summed E-state index contributed by atoms with van der Waals surface area (Å²) in [5.41, 5.74) is 2.96. The highest BCUT2D eigenvalue weighted by molar-refractivity contribution is 5.76. The van der Waals surface area contributed by atoms with Gasteiger partial charge in [-0.1, -0.05) is 12.1 Å². The summed E-state index contributed by atoms with van der Waals surface area (Å²) in [5.74, 6) is -1.37. The lowest BCUT2D eigenvalue weighted by atomic mass is 9.99. The van der Waals surface area contributed by atoms with Crippen molar-refractivity contribution in [2.75, 3.05) is 13.2 Å². The first-order valence-corrected chi connectivity index (χ1v) is 9.89. The summed E-state index contributed by atoms with van der Waals surface area (Å²) < 4.78 is 96.8. The molecule has 2 aromatic rings. The Balaban J connectivity index is 2.15. The van der Waals surface area contributed by atoms with Gasteiger partial charge in [0.05, 0.1) is 24.3 Å². The second kappa shape index (κ2) is 11.0. The number of nitrogens with one attached hydrogen (secondary N) is 1. The van der Waals surface area contributed by atoms with Crippen LogP contribution in [0.5, 0.6) is 0 Å². The molecule has 0 aliphatic heterocycles. The van der Waals surface area contributed by atoms with E-state index in [9.17, 15) is 35.5 Å². The maximum absolute atomic E-state index is 13.3. The molecule has 0 fully saturated rings. The number of carbonyl (C=O) groups is 1. The smallest absolute Gasteiger partial charge is 0.376 e. The van der Waals surface area contributed by atoms with Crippen LogP contribution in [-0.2, 0) is 28.5 Å². The molecule has 0 saturated carbocycles. The van der Waals surface area contributed by atoms with Gasteiger partial charge < -0.3 is 15.8 Å². The van der Waals surface area contributed by atoms with Crippen LogP contribution in [0.2, 0.25) is 0 Å². The molecule has 2 unspecified atom stereocenters. The number of nitrogens with two attached hydrogens (primary N) is 1. The molecular formula is C22H23F7N2O2. The Kier molecular flexibility index (Phi) is 8.84. The van der Waals surface area contributed by atoms with Crippen LogP contribution in [0.4, 0.5) is 30.7 Å². The van der Waals surface area contributed by atoms with Gasteiger partial charge in [-0.25, -0.2) is 4.39 Å². The van der Waals surface area contributed by atoms with Crippen LogP contribution in [-0.4, -0.2) is 25.1 Å². The van der Waals surface area contributed by atoms with Crippen LogP contribution >= 0.6 is 0 Å². The van der Waals surface area contributed by atoms with E-state index in [-0.39, 0.29) is 43.2 Å². The van der Waals surface area contributed by atoms with E-state index in [0.717, 1.165) is 0 Å². The van der Waals surface area contributed by atoms with Crippen LogP contribution in [0, 0.1) is 5.82 Å². The fourth-order valence-corrected chi connectivity index (χ4v) is 3.03. The lowest BCUT2D eigenvalue weighted by Gasteiger charge is -2.20. The summed E-state index contributed by atoms with van der Waals surface area (Å²) in [7, 11) is 0. The molecule has 182 valence electrons. The van der Waals surface area contributed by atoms with E-state index >= 15 is 0 Å². The van der Waals surface area contributed by atoms with Crippen molar-refractivity contribution in [2.45, 2.75) is 44.3 Å². The SMILES string of the molecule is CC(N)CC(=O)NCC(COCc1cc(C(F)(F)F)cc(C(F)(F)F)c1)c1ccc(F)cc1. The van der Waals surface area contributed by atoms with E-state index in [1.165, 1.54) is 24.3 Å². The van der Waals surface area contributed by atoms with Crippen molar-refractivity contribution in [3.05, 3.63) is 70.5 Å². The predicted molar refractivity (Wildman–Crippen MR) is 107 cm³/mol. The number of hydrogen-bond donors (Lipinski definition) is 2. The summed E-state index contributed by atoms with van der Waals surface area (Å²) >= 11 is 0. The Bertz CT molecular complexity index is 894. The Morgan fingerprint density at radius 3 is 2.03 bits per heavy atom. The fourth-order valence-electron chi connectivity index (χ4n) is 3.03. The second-order valence-corrected chi connectivity index (χ2v) is 7.66. The number of halogens is 7. The zero-order valence-corrected chi connectivity index (χ0v) is 17.6. The molecule has 33 heavy (non-hydrogen) atoms. The molecule has 0 saturated heterocycles. The average Bonchev–Trinajstić information content (AvgIpc) is 2.69. The van der Waals surface area contributed by atoms with Gasteiger partial charge in [0.15, 0.2) is 0 Å². The number of benzene rings is 2. The molecule has 0 aliphatic carbocycles. The van der Waals surface area contributed by atoms with Gasteiger partial charge in [0.25, 0.3) is 0 Å². The Morgan fingerprint density at radius 2 is 1.55 bits per heavy atom. The fraction of sp³-hybridized carbons (Fsp3) is 0.409. The van der Waals surface area contributed by atoms with Crippen LogP contribution in [0.1, 0.15) is 41.5 Å². The highest BCUT2D eigenvalue weighted by Gasteiger charge is 2.36. The van der Waals surface area contributed by atoms with E-state index < -0.39 is 41.8 Å². The molecule has 4 nitrogen and oxygen atoms in total. The van der Waals surface area contributed by atoms with Crippen LogP contribution in [0.15, 0.2) is 42.5 Å². The van der Waals surface area contributed by atoms with Crippen LogP contribution in [0.3, 0.4) is 0 Å². The normalized spacial score (nSPS) is 14.1. The van der Waals surface area contributed by atoms with Crippen molar-refractivity contribution in [2.24, 2.45) is 5.73 Å². The molecule has 0 heterocycles. The molecule has 3 N–H and O–H groups in total. The van der Waals surface area contributed by atoms with E-state index in [2.05, 4.69) is 5.32 Å². The maximum Gasteiger partial charge on any atom is 0.416 e. The van der Waals surface area contributed by atoms with Crippen LogP contribution in [0.25, 0.3) is 0 Å². The number of hydrogen-bond acceptors (Lipinski definition) is 3. The number of amides is 1. The molecule has 2 aromatic carbocycles. The first-order valence-electron chi connectivity index (χ1n) is 9.89. The number of rotatable bonds is 9. The molecule has 1 amide bonds. The molecular weight excluding hydrogens is 457 g/mol. The van der Waals surface area contributed by atoms with E-state index in [1.54, 1.807) is 6.92 Å². The predicted octanol–water partition coefficient (Wildman–Crippen LogP) is 5.02. The minimum Gasteiger partial charge on any atom is -0.376 e. The molecule has 0 radical (unpaired) electrons. The molecule has 0 aromatic heterocycles. The third-order valence-corrected chi connectivity index (χ3v) is 4.63.